The summed E-state index contributed by atoms with van der Waals surface area (Å²) in [4.78, 5) is 42.6. The number of methoxy groups -OCH3 is 1. The Morgan fingerprint density at radius 2 is 1.88 bits per heavy atom. The average Bonchev–Trinajstić information content (AvgIpc) is 2.59. The highest BCUT2D eigenvalue weighted by molar-refractivity contribution is 6.26. The third kappa shape index (κ3) is 4.26. The molecule has 0 spiro atoms. The second kappa shape index (κ2) is 8.39. The van der Waals surface area contributed by atoms with Crippen molar-refractivity contribution in [2.75, 3.05) is 7.11 Å². The first-order valence-electron chi connectivity index (χ1n) is 9.03. The van der Waals surface area contributed by atoms with Crippen LogP contribution in [0.2, 0.25) is 0 Å². The lowest BCUT2D eigenvalue weighted by molar-refractivity contribution is -0.159. The maximum atomic E-state index is 13.1. The smallest absolute Gasteiger partial charge is 0.316 e. The molecule has 140 valence electrons. The lowest BCUT2D eigenvalue weighted by Gasteiger charge is -2.38. The highest BCUT2D eigenvalue weighted by Gasteiger charge is 2.52. The summed E-state index contributed by atoms with van der Waals surface area (Å²) >= 11 is 0. The Morgan fingerprint density at radius 1 is 1.23 bits per heavy atom. The zero-order valence-corrected chi connectivity index (χ0v) is 16.0. The van der Waals surface area contributed by atoms with E-state index in [1.54, 1.807) is 13.8 Å². The molecule has 0 heterocycles. The van der Waals surface area contributed by atoms with Crippen molar-refractivity contribution in [1.82, 2.24) is 0 Å². The zero-order valence-electron chi connectivity index (χ0n) is 16.0. The van der Waals surface area contributed by atoms with Crippen molar-refractivity contribution >= 4 is 23.2 Å². The quantitative estimate of drug-likeness (QED) is 0.444. The molecule has 1 saturated carbocycles. The largest absolute Gasteiger partial charge is 0.468 e. The fraction of sp³-hybridized carbons (Fsp3) is 0.524. The fourth-order valence-corrected chi connectivity index (χ4v) is 3.61. The summed E-state index contributed by atoms with van der Waals surface area (Å²) in [5.41, 5.74) is 0.853. The molecule has 0 radical (unpaired) electrons. The van der Waals surface area contributed by atoms with Crippen LogP contribution in [0.5, 0.6) is 0 Å². The molecule has 5 heteroatoms. The van der Waals surface area contributed by atoms with E-state index in [2.05, 4.69) is 4.99 Å². The number of benzene rings is 1. The monoisotopic (exact) mass is 357 g/mol. The number of hydrogen-bond acceptors (Lipinski definition) is 5. The van der Waals surface area contributed by atoms with Gasteiger partial charge in [-0.25, -0.2) is 0 Å². The van der Waals surface area contributed by atoms with E-state index in [9.17, 15) is 14.4 Å². The van der Waals surface area contributed by atoms with Crippen LogP contribution in [0.3, 0.4) is 0 Å². The maximum Gasteiger partial charge on any atom is 0.316 e. The average molecular weight is 357 g/mol. The first kappa shape index (κ1) is 20.0. The molecule has 1 aliphatic rings. The summed E-state index contributed by atoms with van der Waals surface area (Å²) < 4.78 is 4.84. The SMILES string of the molecule is CCCC(=NCc1ccccc1)C1C(=O)CC(C)(C)[C@@H](C(=O)OC)C1=O. The predicted molar refractivity (Wildman–Crippen MR) is 99.9 cm³/mol. The number of hydrogen-bond donors (Lipinski definition) is 0. The van der Waals surface area contributed by atoms with E-state index in [1.165, 1.54) is 7.11 Å². The van der Waals surface area contributed by atoms with E-state index in [0.29, 0.717) is 18.7 Å². The number of nitrogens with zero attached hydrogens (tertiary/aromatic N) is 1. The summed E-state index contributed by atoms with van der Waals surface area (Å²) in [6.07, 6.45) is 1.50. The molecule has 2 atom stereocenters. The molecular formula is C21H27NO4. The summed E-state index contributed by atoms with van der Waals surface area (Å²) in [6, 6.07) is 9.70. The number of aliphatic imine (C=N–C) groups is 1. The van der Waals surface area contributed by atoms with Gasteiger partial charge in [0.1, 0.15) is 17.6 Å². The first-order valence-corrected chi connectivity index (χ1v) is 9.03. The fourth-order valence-electron chi connectivity index (χ4n) is 3.61. The van der Waals surface area contributed by atoms with Crippen LogP contribution in [0.15, 0.2) is 35.3 Å². The Kier molecular flexibility index (Phi) is 6.46. The number of carbonyl (C=O) groups is 3. The summed E-state index contributed by atoms with van der Waals surface area (Å²) in [7, 11) is 1.27. The van der Waals surface area contributed by atoms with E-state index < -0.39 is 23.2 Å². The van der Waals surface area contributed by atoms with Gasteiger partial charge in [0.05, 0.1) is 13.7 Å². The Balaban J connectivity index is 2.35. The number of carbonyl (C=O) groups excluding carboxylic acids is 3. The van der Waals surface area contributed by atoms with Gasteiger partial charge in [-0.1, -0.05) is 57.5 Å². The standard InChI is InChI=1S/C21H27NO4/c1-5-9-15(22-13-14-10-7-6-8-11-14)17-16(23)12-21(2,3)18(19(17)24)20(25)26-4/h6-8,10-11,17-18H,5,9,12-13H2,1-4H3/t17?,18-/m1/s1. The summed E-state index contributed by atoms with van der Waals surface area (Å²) in [6.45, 7) is 5.93. The number of Topliss-reactive ketones (excluding diaryl/α,β-unsaturated/α-hetero) is 2. The first-order chi connectivity index (χ1) is 12.3. The van der Waals surface area contributed by atoms with E-state index in [-0.39, 0.29) is 18.0 Å². The van der Waals surface area contributed by atoms with Gasteiger partial charge < -0.3 is 4.74 Å². The van der Waals surface area contributed by atoms with Crippen LogP contribution in [0.4, 0.5) is 0 Å². The van der Waals surface area contributed by atoms with Crippen LogP contribution < -0.4 is 0 Å². The number of ether oxygens (including phenoxy) is 1. The third-order valence-corrected chi connectivity index (χ3v) is 4.89. The van der Waals surface area contributed by atoms with Crippen LogP contribution >= 0.6 is 0 Å². The predicted octanol–water partition coefficient (Wildman–Crippen LogP) is 3.40. The van der Waals surface area contributed by atoms with Crippen molar-refractivity contribution in [3.8, 4) is 0 Å². The van der Waals surface area contributed by atoms with Crippen molar-refractivity contribution in [1.29, 1.82) is 0 Å². The van der Waals surface area contributed by atoms with E-state index in [0.717, 1.165) is 12.0 Å². The Labute approximate surface area is 154 Å². The molecule has 0 aromatic heterocycles. The summed E-state index contributed by atoms with van der Waals surface area (Å²) in [5.74, 6) is -2.97. The van der Waals surface area contributed by atoms with Gasteiger partial charge in [-0.15, -0.1) is 0 Å². The van der Waals surface area contributed by atoms with Gasteiger partial charge in [-0.05, 0) is 17.4 Å². The van der Waals surface area contributed by atoms with Gasteiger partial charge in [0.25, 0.3) is 0 Å². The van der Waals surface area contributed by atoms with Gasteiger partial charge in [-0.2, -0.15) is 0 Å². The maximum absolute atomic E-state index is 13.1. The zero-order chi connectivity index (χ0) is 19.3. The molecule has 2 rings (SSSR count). The van der Waals surface area contributed by atoms with Crippen LogP contribution in [0, 0.1) is 17.3 Å². The van der Waals surface area contributed by atoms with Crippen molar-refractivity contribution in [3.05, 3.63) is 35.9 Å². The van der Waals surface area contributed by atoms with Crippen molar-refractivity contribution in [2.24, 2.45) is 22.2 Å². The Bertz CT molecular complexity index is 706. The molecule has 0 aliphatic heterocycles. The van der Waals surface area contributed by atoms with E-state index >= 15 is 0 Å². The van der Waals surface area contributed by atoms with Crippen molar-refractivity contribution in [2.45, 2.75) is 46.6 Å². The highest BCUT2D eigenvalue weighted by Crippen LogP contribution is 2.40. The van der Waals surface area contributed by atoms with E-state index in [1.807, 2.05) is 37.3 Å². The van der Waals surface area contributed by atoms with Crippen LogP contribution in [0.1, 0.15) is 45.6 Å². The molecule has 0 bridgehead atoms. The number of ketones is 2. The van der Waals surface area contributed by atoms with Gasteiger partial charge >= 0.3 is 5.97 Å². The minimum atomic E-state index is -0.936. The lowest BCUT2D eigenvalue weighted by Crippen LogP contribution is -2.52. The lowest BCUT2D eigenvalue weighted by atomic mass is 9.63. The minimum absolute atomic E-state index is 0.152. The van der Waals surface area contributed by atoms with Gasteiger partial charge in [0.2, 0.25) is 0 Å². The normalized spacial score (nSPS) is 23.0. The number of esters is 1. The minimum Gasteiger partial charge on any atom is -0.468 e. The molecule has 1 aromatic rings. The van der Waals surface area contributed by atoms with Gasteiger partial charge in [0.15, 0.2) is 5.78 Å². The second-order valence-corrected chi connectivity index (χ2v) is 7.47. The van der Waals surface area contributed by atoms with Gasteiger partial charge in [0, 0.05) is 12.1 Å². The van der Waals surface area contributed by atoms with Crippen LogP contribution in [-0.4, -0.2) is 30.4 Å². The molecule has 5 nitrogen and oxygen atoms in total. The molecule has 1 aliphatic carbocycles. The second-order valence-electron chi connectivity index (χ2n) is 7.47. The van der Waals surface area contributed by atoms with Crippen LogP contribution in [-0.2, 0) is 25.7 Å². The van der Waals surface area contributed by atoms with Gasteiger partial charge in [-0.3, -0.25) is 19.4 Å². The molecule has 0 saturated heterocycles. The molecule has 1 aromatic carbocycles. The topological polar surface area (TPSA) is 72.8 Å². The highest BCUT2D eigenvalue weighted by atomic mass is 16.5. The molecule has 0 amide bonds. The third-order valence-electron chi connectivity index (χ3n) is 4.89. The Morgan fingerprint density at radius 3 is 2.46 bits per heavy atom. The number of rotatable bonds is 6. The molecule has 26 heavy (non-hydrogen) atoms. The van der Waals surface area contributed by atoms with Crippen molar-refractivity contribution < 1.29 is 19.1 Å². The molecule has 0 N–H and O–H groups in total. The molecular weight excluding hydrogens is 330 g/mol. The molecule has 1 unspecified atom stereocenters. The van der Waals surface area contributed by atoms with Crippen LogP contribution in [0.25, 0.3) is 0 Å². The Hall–Kier alpha value is -2.30. The van der Waals surface area contributed by atoms with E-state index in [4.69, 9.17) is 4.74 Å². The molecule has 1 fully saturated rings. The summed E-state index contributed by atoms with van der Waals surface area (Å²) in [5, 5.41) is 0. The van der Waals surface area contributed by atoms with Crippen molar-refractivity contribution in [3.63, 3.8) is 0 Å².